The van der Waals surface area contributed by atoms with Crippen LogP contribution in [0.3, 0.4) is 0 Å². The standard InChI is InChI=1S/C17H23N3/c1-13-5-4-6-16(14(13)2)17(11-18)20(3)12-15-7-9-19-10-8-15/h4-10,17H,11-12,18H2,1-3H3. The van der Waals surface area contributed by atoms with Crippen LogP contribution in [0.2, 0.25) is 0 Å². The minimum Gasteiger partial charge on any atom is -0.329 e. The van der Waals surface area contributed by atoms with E-state index in [1.165, 1.54) is 22.3 Å². The first-order valence-electron chi connectivity index (χ1n) is 6.98. The summed E-state index contributed by atoms with van der Waals surface area (Å²) in [6.45, 7) is 5.81. The van der Waals surface area contributed by atoms with Crippen molar-refractivity contribution in [3.8, 4) is 0 Å². The second kappa shape index (κ2) is 6.64. The first kappa shape index (κ1) is 14.7. The number of hydrogen-bond donors (Lipinski definition) is 1. The van der Waals surface area contributed by atoms with Gasteiger partial charge in [-0.25, -0.2) is 0 Å². The maximum absolute atomic E-state index is 6.02. The molecule has 0 bridgehead atoms. The molecule has 2 aromatic rings. The van der Waals surface area contributed by atoms with Gasteiger partial charge in [-0.3, -0.25) is 9.88 Å². The molecule has 3 heteroatoms. The molecule has 1 aromatic carbocycles. The number of hydrogen-bond acceptors (Lipinski definition) is 3. The van der Waals surface area contributed by atoms with Crippen molar-refractivity contribution < 1.29 is 0 Å². The van der Waals surface area contributed by atoms with Gasteiger partial charge in [0, 0.05) is 31.5 Å². The Balaban J connectivity index is 2.21. The molecule has 1 atom stereocenters. The number of nitrogens with zero attached hydrogens (tertiary/aromatic N) is 2. The van der Waals surface area contributed by atoms with Crippen molar-refractivity contribution in [1.29, 1.82) is 0 Å². The maximum atomic E-state index is 6.02. The molecular formula is C17H23N3. The molecule has 0 spiro atoms. The second-order valence-corrected chi connectivity index (χ2v) is 5.31. The van der Waals surface area contributed by atoms with Crippen molar-refractivity contribution >= 4 is 0 Å². The second-order valence-electron chi connectivity index (χ2n) is 5.31. The van der Waals surface area contributed by atoms with E-state index in [1.807, 2.05) is 24.5 Å². The van der Waals surface area contributed by atoms with Gasteiger partial charge in [0.15, 0.2) is 0 Å². The molecule has 0 aliphatic heterocycles. The zero-order valence-electron chi connectivity index (χ0n) is 12.5. The van der Waals surface area contributed by atoms with Gasteiger partial charge in [0.05, 0.1) is 0 Å². The van der Waals surface area contributed by atoms with Gasteiger partial charge in [-0.05, 0) is 55.3 Å². The summed E-state index contributed by atoms with van der Waals surface area (Å²) in [5, 5.41) is 0. The number of aromatic nitrogens is 1. The zero-order valence-corrected chi connectivity index (χ0v) is 12.5. The molecule has 2 rings (SSSR count). The van der Waals surface area contributed by atoms with Crippen LogP contribution in [0.5, 0.6) is 0 Å². The molecule has 106 valence electrons. The summed E-state index contributed by atoms with van der Waals surface area (Å²) >= 11 is 0. The number of nitrogens with two attached hydrogens (primary N) is 1. The molecule has 0 amide bonds. The van der Waals surface area contributed by atoms with Crippen molar-refractivity contribution in [2.24, 2.45) is 5.73 Å². The average molecular weight is 269 g/mol. The van der Waals surface area contributed by atoms with Gasteiger partial charge in [0.2, 0.25) is 0 Å². The van der Waals surface area contributed by atoms with Gasteiger partial charge in [-0.15, -0.1) is 0 Å². The largest absolute Gasteiger partial charge is 0.329 e. The van der Waals surface area contributed by atoms with Gasteiger partial charge in [0.25, 0.3) is 0 Å². The Kier molecular flexibility index (Phi) is 4.88. The molecule has 1 aromatic heterocycles. The minimum absolute atomic E-state index is 0.239. The van der Waals surface area contributed by atoms with Crippen molar-refractivity contribution in [2.75, 3.05) is 13.6 Å². The third-order valence-corrected chi connectivity index (χ3v) is 3.94. The lowest BCUT2D eigenvalue weighted by Gasteiger charge is -2.29. The van der Waals surface area contributed by atoms with E-state index in [4.69, 9.17) is 5.73 Å². The monoisotopic (exact) mass is 269 g/mol. The van der Waals surface area contributed by atoms with Crippen LogP contribution in [0.4, 0.5) is 0 Å². The molecular weight excluding hydrogens is 246 g/mol. The first-order chi connectivity index (χ1) is 9.63. The topological polar surface area (TPSA) is 42.1 Å². The van der Waals surface area contributed by atoms with E-state index < -0.39 is 0 Å². The molecule has 0 aliphatic rings. The molecule has 0 aliphatic carbocycles. The van der Waals surface area contributed by atoms with Crippen LogP contribution in [0.15, 0.2) is 42.7 Å². The first-order valence-corrected chi connectivity index (χ1v) is 6.98. The van der Waals surface area contributed by atoms with E-state index in [9.17, 15) is 0 Å². The number of aryl methyl sites for hydroxylation is 1. The van der Waals surface area contributed by atoms with E-state index >= 15 is 0 Å². The highest BCUT2D eigenvalue weighted by Crippen LogP contribution is 2.25. The Labute approximate surface area is 121 Å². The summed E-state index contributed by atoms with van der Waals surface area (Å²) in [5.41, 5.74) is 11.3. The Hall–Kier alpha value is -1.71. The SMILES string of the molecule is Cc1cccc(C(CN)N(C)Cc2ccncc2)c1C. The maximum Gasteiger partial charge on any atom is 0.0473 e. The van der Waals surface area contributed by atoms with E-state index in [1.54, 1.807) is 0 Å². The van der Waals surface area contributed by atoms with Gasteiger partial charge in [-0.1, -0.05) is 18.2 Å². The lowest BCUT2D eigenvalue weighted by Crippen LogP contribution is -2.30. The lowest BCUT2D eigenvalue weighted by molar-refractivity contribution is 0.241. The van der Waals surface area contributed by atoms with Crippen LogP contribution in [0.1, 0.15) is 28.3 Å². The molecule has 0 saturated heterocycles. The van der Waals surface area contributed by atoms with E-state index in [2.05, 4.69) is 49.0 Å². The number of rotatable bonds is 5. The number of pyridine rings is 1. The van der Waals surface area contributed by atoms with Gasteiger partial charge >= 0.3 is 0 Å². The van der Waals surface area contributed by atoms with Gasteiger partial charge in [-0.2, -0.15) is 0 Å². The summed E-state index contributed by atoms with van der Waals surface area (Å²) < 4.78 is 0. The van der Waals surface area contributed by atoms with E-state index in [0.29, 0.717) is 6.54 Å². The van der Waals surface area contributed by atoms with Gasteiger partial charge in [0.1, 0.15) is 0 Å². The molecule has 0 saturated carbocycles. The summed E-state index contributed by atoms with van der Waals surface area (Å²) in [7, 11) is 2.12. The van der Waals surface area contributed by atoms with Crippen LogP contribution in [0.25, 0.3) is 0 Å². The minimum atomic E-state index is 0.239. The normalized spacial score (nSPS) is 12.7. The molecule has 20 heavy (non-hydrogen) atoms. The predicted octanol–water partition coefficient (Wildman–Crippen LogP) is 2.83. The number of likely N-dealkylation sites (N-methyl/N-ethyl adjacent to an activating group) is 1. The Morgan fingerprint density at radius 2 is 1.85 bits per heavy atom. The fourth-order valence-electron chi connectivity index (χ4n) is 2.57. The summed E-state index contributed by atoms with van der Waals surface area (Å²) in [6.07, 6.45) is 3.66. The third-order valence-electron chi connectivity index (χ3n) is 3.94. The Morgan fingerprint density at radius 1 is 1.15 bits per heavy atom. The highest BCUT2D eigenvalue weighted by molar-refractivity contribution is 5.35. The summed E-state index contributed by atoms with van der Waals surface area (Å²) in [5.74, 6) is 0. The summed E-state index contributed by atoms with van der Waals surface area (Å²) in [4.78, 5) is 6.36. The Bertz CT molecular complexity index is 551. The predicted molar refractivity (Wildman–Crippen MR) is 83.4 cm³/mol. The quantitative estimate of drug-likeness (QED) is 0.907. The average Bonchev–Trinajstić information content (AvgIpc) is 2.45. The molecule has 0 fully saturated rings. The third kappa shape index (κ3) is 3.24. The highest BCUT2D eigenvalue weighted by atomic mass is 15.1. The molecule has 1 heterocycles. The van der Waals surface area contributed by atoms with Crippen molar-refractivity contribution in [2.45, 2.75) is 26.4 Å². The van der Waals surface area contributed by atoms with Crippen LogP contribution < -0.4 is 5.73 Å². The van der Waals surface area contributed by atoms with Crippen molar-refractivity contribution in [3.63, 3.8) is 0 Å². The molecule has 1 unspecified atom stereocenters. The van der Waals surface area contributed by atoms with Crippen molar-refractivity contribution in [1.82, 2.24) is 9.88 Å². The summed E-state index contributed by atoms with van der Waals surface area (Å²) in [6, 6.07) is 10.8. The zero-order chi connectivity index (χ0) is 14.5. The Morgan fingerprint density at radius 3 is 2.50 bits per heavy atom. The van der Waals surface area contributed by atoms with Crippen molar-refractivity contribution in [3.05, 3.63) is 65.0 Å². The lowest BCUT2D eigenvalue weighted by atomic mass is 9.96. The fourth-order valence-corrected chi connectivity index (χ4v) is 2.57. The van der Waals surface area contributed by atoms with E-state index in [0.717, 1.165) is 6.54 Å². The smallest absolute Gasteiger partial charge is 0.0473 e. The van der Waals surface area contributed by atoms with Crippen LogP contribution in [-0.2, 0) is 6.54 Å². The van der Waals surface area contributed by atoms with Gasteiger partial charge < -0.3 is 5.73 Å². The highest BCUT2D eigenvalue weighted by Gasteiger charge is 2.18. The van der Waals surface area contributed by atoms with E-state index in [-0.39, 0.29) is 6.04 Å². The van der Waals surface area contributed by atoms with Crippen LogP contribution >= 0.6 is 0 Å². The fraction of sp³-hybridized carbons (Fsp3) is 0.353. The number of benzene rings is 1. The molecule has 2 N–H and O–H groups in total. The van der Waals surface area contributed by atoms with Crippen LogP contribution in [0, 0.1) is 13.8 Å². The molecule has 3 nitrogen and oxygen atoms in total. The van der Waals surface area contributed by atoms with Crippen LogP contribution in [-0.4, -0.2) is 23.5 Å². The molecule has 0 radical (unpaired) electrons.